The molecule has 1 heterocycles. The molecular formula is C17H21N3O5. The number of carboxylic acids is 1. The molecule has 0 bridgehead atoms. The summed E-state index contributed by atoms with van der Waals surface area (Å²) in [6, 6.07) is 6.39. The summed E-state index contributed by atoms with van der Waals surface area (Å²) in [5, 5.41) is 16.5. The Labute approximate surface area is 145 Å². The molecular weight excluding hydrogens is 326 g/mol. The van der Waals surface area contributed by atoms with E-state index in [1.54, 1.807) is 0 Å². The Morgan fingerprint density at radius 3 is 2.48 bits per heavy atom. The van der Waals surface area contributed by atoms with Gasteiger partial charge in [0.2, 0.25) is 17.7 Å². The summed E-state index contributed by atoms with van der Waals surface area (Å²) in [6.07, 6.45) is 0.852. The molecule has 134 valence electrons. The van der Waals surface area contributed by atoms with Crippen LogP contribution in [0.15, 0.2) is 30.3 Å². The van der Waals surface area contributed by atoms with Gasteiger partial charge in [0.15, 0.2) is 0 Å². The highest BCUT2D eigenvalue weighted by atomic mass is 16.4. The summed E-state index contributed by atoms with van der Waals surface area (Å²) in [5.74, 6) is -2.41. The predicted octanol–water partition coefficient (Wildman–Crippen LogP) is -0.418. The largest absolute Gasteiger partial charge is 0.480 e. The maximum Gasteiger partial charge on any atom is 0.325 e. The van der Waals surface area contributed by atoms with Crippen LogP contribution in [0.3, 0.4) is 0 Å². The maximum atomic E-state index is 12.4. The van der Waals surface area contributed by atoms with Crippen molar-refractivity contribution in [3.8, 4) is 0 Å². The number of hydrogen-bond donors (Lipinski definition) is 4. The molecule has 2 rings (SSSR count). The molecule has 25 heavy (non-hydrogen) atoms. The minimum atomic E-state index is -1.17. The van der Waals surface area contributed by atoms with Gasteiger partial charge in [-0.05, 0) is 18.9 Å². The second kappa shape index (κ2) is 8.27. The topological polar surface area (TPSA) is 125 Å². The SMILES string of the molecule is C[C@H](NC(=O)[C@H](Cc1ccccc1)NC(=O)[C@@H]1CCC(=O)N1)C(=O)O. The summed E-state index contributed by atoms with van der Waals surface area (Å²) in [7, 11) is 0. The molecule has 0 aliphatic carbocycles. The van der Waals surface area contributed by atoms with Gasteiger partial charge in [0, 0.05) is 12.8 Å². The molecule has 8 heteroatoms. The second-order valence-corrected chi connectivity index (χ2v) is 5.98. The van der Waals surface area contributed by atoms with Gasteiger partial charge >= 0.3 is 5.97 Å². The summed E-state index contributed by atoms with van der Waals surface area (Å²) >= 11 is 0. The van der Waals surface area contributed by atoms with Gasteiger partial charge in [0.25, 0.3) is 0 Å². The first-order chi connectivity index (χ1) is 11.9. The van der Waals surface area contributed by atoms with Crippen molar-refractivity contribution >= 4 is 23.7 Å². The molecule has 1 aliphatic heterocycles. The van der Waals surface area contributed by atoms with Gasteiger partial charge in [-0.3, -0.25) is 19.2 Å². The van der Waals surface area contributed by atoms with E-state index in [0.29, 0.717) is 6.42 Å². The third kappa shape index (κ3) is 5.30. The maximum absolute atomic E-state index is 12.4. The van der Waals surface area contributed by atoms with Crippen molar-refractivity contribution in [3.05, 3.63) is 35.9 Å². The molecule has 3 atom stereocenters. The van der Waals surface area contributed by atoms with Crippen LogP contribution in [0.5, 0.6) is 0 Å². The number of hydrogen-bond acceptors (Lipinski definition) is 4. The lowest BCUT2D eigenvalue weighted by molar-refractivity contribution is -0.141. The molecule has 1 aromatic rings. The Morgan fingerprint density at radius 1 is 1.24 bits per heavy atom. The van der Waals surface area contributed by atoms with E-state index in [4.69, 9.17) is 5.11 Å². The van der Waals surface area contributed by atoms with Gasteiger partial charge in [0.1, 0.15) is 18.1 Å². The number of aliphatic carboxylic acids is 1. The third-order valence-electron chi connectivity index (χ3n) is 3.96. The fraction of sp³-hybridized carbons (Fsp3) is 0.412. The van der Waals surface area contributed by atoms with Crippen molar-refractivity contribution in [2.24, 2.45) is 0 Å². The molecule has 0 spiro atoms. The van der Waals surface area contributed by atoms with Crippen LogP contribution in [0, 0.1) is 0 Å². The Morgan fingerprint density at radius 2 is 1.92 bits per heavy atom. The summed E-state index contributed by atoms with van der Waals surface area (Å²) in [6.45, 7) is 1.35. The summed E-state index contributed by atoms with van der Waals surface area (Å²) < 4.78 is 0. The molecule has 0 radical (unpaired) electrons. The van der Waals surface area contributed by atoms with E-state index >= 15 is 0 Å². The first-order valence-electron chi connectivity index (χ1n) is 8.03. The lowest BCUT2D eigenvalue weighted by Gasteiger charge is -2.21. The van der Waals surface area contributed by atoms with Crippen molar-refractivity contribution in [2.45, 2.75) is 44.3 Å². The summed E-state index contributed by atoms with van der Waals surface area (Å²) in [4.78, 5) is 46.9. The average molecular weight is 347 g/mol. The predicted molar refractivity (Wildman–Crippen MR) is 88.5 cm³/mol. The van der Waals surface area contributed by atoms with Gasteiger partial charge in [-0.15, -0.1) is 0 Å². The highest BCUT2D eigenvalue weighted by Gasteiger charge is 2.31. The number of rotatable bonds is 7. The van der Waals surface area contributed by atoms with Crippen LogP contribution >= 0.6 is 0 Å². The molecule has 0 saturated carbocycles. The zero-order valence-corrected chi connectivity index (χ0v) is 13.8. The van der Waals surface area contributed by atoms with E-state index in [9.17, 15) is 19.2 Å². The van der Waals surface area contributed by atoms with Gasteiger partial charge in [0.05, 0.1) is 0 Å². The molecule has 3 amide bonds. The highest BCUT2D eigenvalue weighted by Crippen LogP contribution is 2.09. The minimum Gasteiger partial charge on any atom is -0.480 e. The van der Waals surface area contributed by atoms with Crippen LogP contribution in [0.2, 0.25) is 0 Å². The number of amides is 3. The number of carbonyl (C=O) groups is 4. The Kier molecular flexibility index (Phi) is 6.10. The quantitative estimate of drug-likeness (QED) is 0.533. The van der Waals surface area contributed by atoms with E-state index in [-0.39, 0.29) is 18.7 Å². The standard InChI is InChI=1S/C17H21N3O5/c1-10(17(24)25)18-16(23)13(9-11-5-3-2-4-6-11)20-15(22)12-7-8-14(21)19-12/h2-6,10,12-13H,7-9H2,1H3,(H,18,23)(H,19,21)(H,20,22)(H,24,25)/t10-,12-,13-/m0/s1. The molecule has 8 nitrogen and oxygen atoms in total. The van der Waals surface area contributed by atoms with Crippen LogP contribution in [0.1, 0.15) is 25.3 Å². The van der Waals surface area contributed by atoms with E-state index in [1.807, 2.05) is 30.3 Å². The van der Waals surface area contributed by atoms with Crippen LogP contribution in [0.25, 0.3) is 0 Å². The number of nitrogens with one attached hydrogen (secondary N) is 3. The minimum absolute atomic E-state index is 0.205. The smallest absolute Gasteiger partial charge is 0.325 e. The van der Waals surface area contributed by atoms with Crippen molar-refractivity contribution in [1.82, 2.24) is 16.0 Å². The molecule has 1 saturated heterocycles. The zero-order valence-electron chi connectivity index (χ0n) is 13.8. The molecule has 0 unspecified atom stereocenters. The van der Waals surface area contributed by atoms with Crippen LogP contribution in [-0.2, 0) is 25.6 Å². The number of carboxylic acid groups (broad SMARTS) is 1. The monoisotopic (exact) mass is 347 g/mol. The van der Waals surface area contributed by atoms with E-state index in [2.05, 4.69) is 16.0 Å². The van der Waals surface area contributed by atoms with Crippen molar-refractivity contribution in [3.63, 3.8) is 0 Å². The lowest BCUT2D eigenvalue weighted by Crippen LogP contribution is -2.54. The molecule has 0 aromatic heterocycles. The highest BCUT2D eigenvalue weighted by molar-refractivity contribution is 5.94. The summed E-state index contributed by atoms with van der Waals surface area (Å²) in [5.41, 5.74) is 0.821. The second-order valence-electron chi connectivity index (χ2n) is 5.98. The van der Waals surface area contributed by atoms with E-state index < -0.39 is 35.9 Å². The third-order valence-corrected chi connectivity index (χ3v) is 3.96. The van der Waals surface area contributed by atoms with Crippen molar-refractivity contribution in [2.75, 3.05) is 0 Å². The lowest BCUT2D eigenvalue weighted by atomic mass is 10.0. The fourth-order valence-electron chi connectivity index (χ4n) is 2.52. The van der Waals surface area contributed by atoms with Gasteiger partial charge in [-0.1, -0.05) is 30.3 Å². The van der Waals surface area contributed by atoms with E-state index in [1.165, 1.54) is 6.92 Å². The molecule has 1 aromatic carbocycles. The van der Waals surface area contributed by atoms with Crippen molar-refractivity contribution < 1.29 is 24.3 Å². The Hall–Kier alpha value is -2.90. The Bertz CT molecular complexity index is 662. The number of carbonyl (C=O) groups excluding carboxylic acids is 3. The van der Waals surface area contributed by atoms with Crippen LogP contribution in [-0.4, -0.2) is 46.9 Å². The molecule has 1 aliphatic rings. The average Bonchev–Trinajstić information content (AvgIpc) is 3.01. The normalized spacial score (nSPS) is 18.8. The van der Waals surface area contributed by atoms with Gasteiger partial charge in [-0.2, -0.15) is 0 Å². The molecule has 4 N–H and O–H groups in total. The van der Waals surface area contributed by atoms with Crippen LogP contribution < -0.4 is 16.0 Å². The van der Waals surface area contributed by atoms with E-state index in [0.717, 1.165) is 5.56 Å². The van der Waals surface area contributed by atoms with Gasteiger partial charge in [-0.25, -0.2) is 0 Å². The molecule has 1 fully saturated rings. The fourth-order valence-corrected chi connectivity index (χ4v) is 2.52. The van der Waals surface area contributed by atoms with Crippen LogP contribution in [0.4, 0.5) is 0 Å². The van der Waals surface area contributed by atoms with Gasteiger partial charge < -0.3 is 21.1 Å². The zero-order chi connectivity index (χ0) is 18.4. The van der Waals surface area contributed by atoms with Crippen molar-refractivity contribution in [1.29, 1.82) is 0 Å². The first-order valence-corrected chi connectivity index (χ1v) is 8.03. The number of benzene rings is 1. The first kappa shape index (κ1) is 18.4. The Balaban J connectivity index is 2.07.